The van der Waals surface area contributed by atoms with Gasteiger partial charge in [0.2, 0.25) is 0 Å². The molecule has 1 atom stereocenters. The molecule has 2 aromatic heterocycles. The van der Waals surface area contributed by atoms with Crippen LogP contribution < -0.4 is 10.2 Å². The van der Waals surface area contributed by atoms with Crippen LogP contribution in [0.1, 0.15) is 24.8 Å². The first-order valence-corrected chi connectivity index (χ1v) is 8.57. The summed E-state index contributed by atoms with van der Waals surface area (Å²) < 4.78 is 0. The molecule has 0 spiro atoms. The molecule has 0 amide bonds. The molecule has 128 valence electrons. The molecule has 0 saturated carbocycles. The molecule has 1 aliphatic rings. The van der Waals surface area contributed by atoms with Crippen molar-refractivity contribution in [2.24, 2.45) is 0 Å². The minimum Gasteiger partial charge on any atom is -0.381 e. The zero-order valence-corrected chi connectivity index (χ0v) is 14.5. The van der Waals surface area contributed by atoms with Crippen LogP contribution >= 0.6 is 0 Å². The maximum absolute atomic E-state index is 4.48. The molecule has 1 aliphatic heterocycles. The van der Waals surface area contributed by atoms with Crippen LogP contribution in [0.25, 0.3) is 0 Å². The summed E-state index contributed by atoms with van der Waals surface area (Å²) >= 11 is 0. The standard InChI is InChI=1S/C18H26N6/c1-23(2)18-6-5-17(12-21-18)22-16-4-3-8-24(9-7-16)13-15-10-19-14-20-11-15/h5-6,10-12,14,16,22H,3-4,7-9,13H2,1-2H3/t16-/m1/s1. The zero-order valence-electron chi connectivity index (χ0n) is 14.5. The summed E-state index contributed by atoms with van der Waals surface area (Å²) in [5.74, 6) is 0.984. The maximum Gasteiger partial charge on any atom is 0.128 e. The van der Waals surface area contributed by atoms with Crippen LogP contribution in [0.4, 0.5) is 11.5 Å². The predicted octanol–water partition coefficient (Wildman–Crippen LogP) is 2.40. The largest absolute Gasteiger partial charge is 0.381 e. The van der Waals surface area contributed by atoms with E-state index in [9.17, 15) is 0 Å². The van der Waals surface area contributed by atoms with Crippen molar-refractivity contribution in [3.63, 3.8) is 0 Å². The molecule has 0 aliphatic carbocycles. The van der Waals surface area contributed by atoms with Gasteiger partial charge in [0, 0.05) is 51.2 Å². The van der Waals surface area contributed by atoms with Gasteiger partial charge in [0.15, 0.2) is 0 Å². The Morgan fingerprint density at radius 3 is 2.67 bits per heavy atom. The van der Waals surface area contributed by atoms with E-state index in [1.54, 1.807) is 6.33 Å². The van der Waals surface area contributed by atoms with Gasteiger partial charge in [-0.25, -0.2) is 15.0 Å². The molecular weight excluding hydrogens is 300 g/mol. The average Bonchev–Trinajstić information content (AvgIpc) is 2.82. The molecular formula is C18H26N6. The van der Waals surface area contributed by atoms with Crippen LogP contribution in [0.5, 0.6) is 0 Å². The van der Waals surface area contributed by atoms with Gasteiger partial charge in [-0.15, -0.1) is 0 Å². The molecule has 0 radical (unpaired) electrons. The van der Waals surface area contributed by atoms with Crippen LogP contribution in [0.2, 0.25) is 0 Å². The summed E-state index contributed by atoms with van der Waals surface area (Å²) in [5.41, 5.74) is 2.29. The topological polar surface area (TPSA) is 57.2 Å². The van der Waals surface area contributed by atoms with E-state index in [0.29, 0.717) is 6.04 Å². The molecule has 6 heteroatoms. The Balaban J connectivity index is 1.52. The van der Waals surface area contributed by atoms with E-state index in [2.05, 4.69) is 37.3 Å². The number of hydrogen-bond acceptors (Lipinski definition) is 6. The van der Waals surface area contributed by atoms with Crippen LogP contribution in [0.3, 0.4) is 0 Å². The lowest BCUT2D eigenvalue weighted by atomic mass is 10.1. The summed E-state index contributed by atoms with van der Waals surface area (Å²) in [6.07, 6.45) is 10.9. The third-order valence-electron chi connectivity index (χ3n) is 4.42. The van der Waals surface area contributed by atoms with E-state index in [4.69, 9.17) is 0 Å². The lowest BCUT2D eigenvalue weighted by Crippen LogP contribution is -2.26. The second kappa shape index (κ2) is 8.06. The monoisotopic (exact) mass is 326 g/mol. The summed E-state index contributed by atoms with van der Waals surface area (Å²) in [5, 5.41) is 3.64. The maximum atomic E-state index is 4.48. The Kier molecular flexibility index (Phi) is 5.59. The van der Waals surface area contributed by atoms with Crippen molar-refractivity contribution in [2.75, 3.05) is 37.4 Å². The molecule has 3 heterocycles. The number of rotatable bonds is 5. The van der Waals surface area contributed by atoms with Gasteiger partial charge in [-0.2, -0.15) is 0 Å². The Morgan fingerprint density at radius 2 is 1.96 bits per heavy atom. The first-order chi connectivity index (χ1) is 11.7. The summed E-state index contributed by atoms with van der Waals surface area (Å²) in [6.45, 7) is 3.16. The molecule has 0 bridgehead atoms. The van der Waals surface area contributed by atoms with E-state index in [0.717, 1.165) is 37.6 Å². The van der Waals surface area contributed by atoms with E-state index in [1.807, 2.05) is 37.6 Å². The highest BCUT2D eigenvalue weighted by molar-refractivity contribution is 5.48. The van der Waals surface area contributed by atoms with Crippen LogP contribution in [0.15, 0.2) is 37.1 Å². The van der Waals surface area contributed by atoms with Gasteiger partial charge in [-0.3, -0.25) is 4.90 Å². The second-order valence-electron chi connectivity index (χ2n) is 6.59. The van der Waals surface area contributed by atoms with E-state index < -0.39 is 0 Å². The minimum absolute atomic E-state index is 0.508. The van der Waals surface area contributed by atoms with Gasteiger partial charge < -0.3 is 10.2 Å². The molecule has 0 aromatic carbocycles. The third-order valence-corrected chi connectivity index (χ3v) is 4.42. The molecule has 6 nitrogen and oxygen atoms in total. The van der Waals surface area contributed by atoms with Gasteiger partial charge in [-0.1, -0.05) is 0 Å². The molecule has 2 aromatic rings. The second-order valence-corrected chi connectivity index (χ2v) is 6.59. The fourth-order valence-corrected chi connectivity index (χ4v) is 3.10. The van der Waals surface area contributed by atoms with Gasteiger partial charge in [0.25, 0.3) is 0 Å². The molecule has 1 fully saturated rings. The highest BCUT2D eigenvalue weighted by Crippen LogP contribution is 2.19. The molecule has 0 unspecified atom stereocenters. The van der Waals surface area contributed by atoms with Gasteiger partial charge in [0.05, 0.1) is 11.9 Å². The van der Waals surface area contributed by atoms with E-state index in [-0.39, 0.29) is 0 Å². The minimum atomic E-state index is 0.508. The highest BCUT2D eigenvalue weighted by atomic mass is 15.1. The highest BCUT2D eigenvalue weighted by Gasteiger charge is 2.17. The number of pyridine rings is 1. The van der Waals surface area contributed by atoms with Crippen molar-refractivity contribution < 1.29 is 0 Å². The Bertz CT molecular complexity index is 613. The third kappa shape index (κ3) is 4.64. The predicted molar refractivity (Wildman–Crippen MR) is 97.1 cm³/mol. The van der Waals surface area contributed by atoms with Crippen molar-refractivity contribution >= 4 is 11.5 Å². The van der Waals surface area contributed by atoms with Gasteiger partial charge >= 0.3 is 0 Å². The zero-order chi connectivity index (χ0) is 16.8. The number of anilines is 2. The quantitative estimate of drug-likeness (QED) is 0.910. The van der Waals surface area contributed by atoms with Crippen LogP contribution in [-0.4, -0.2) is 53.1 Å². The number of hydrogen-bond donors (Lipinski definition) is 1. The summed E-state index contributed by atoms with van der Waals surface area (Å²) in [7, 11) is 4.01. The lowest BCUT2D eigenvalue weighted by Gasteiger charge is -2.20. The van der Waals surface area contributed by atoms with Crippen LogP contribution in [-0.2, 0) is 6.54 Å². The normalized spacial score (nSPS) is 18.8. The molecule has 24 heavy (non-hydrogen) atoms. The molecule has 3 rings (SSSR count). The fourth-order valence-electron chi connectivity index (χ4n) is 3.10. The molecule has 1 N–H and O–H groups in total. The van der Waals surface area contributed by atoms with Crippen molar-refractivity contribution in [3.8, 4) is 0 Å². The van der Waals surface area contributed by atoms with Crippen molar-refractivity contribution in [3.05, 3.63) is 42.6 Å². The van der Waals surface area contributed by atoms with E-state index >= 15 is 0 Å². The number of nitrogens with one attached hydrogen (secondary N) is 1. The lowest BCUT2D eigenvalue weighted by molar-refractivity contribution is 0.275. The summed E-state index contributed by atoms with van der Waals surface area (Å²) in [4.78, 5) is 17.2. The Labute approximate surface area is 143 Å². The average molecular weight is 326 g/mol. The fraction of sp³-hybridized carbons (Fsp3) is 0.500. The Morgan fingerprint density at radius 1 is 1.12 bits per heavy atom. The van der Waals surface area contributed by atoms with Crippen molar-refractivity contribution in [1.29, 1.82) is 0 Å². The first kappa shape index (κ1) is 16.6. The van der Waals surface area contributed by atoms with Gasteiger partial charge in [0.1, 0.15) is 12.1 Å². The molecule has 1 saturated heterocycles. The van der Waals surface area contributed by atoms with Crippen molar-refractivity contribution in [1.82, 2.24) is 19.9 Å². The van der Waals surface area contributed by atoms with E-state index in [1.165, 1.54) is 18.4 Å². The smallest absolute Gasteiger partial charge is 0.128 e. The van der Waals surface area contributed by atoms with Crippen LogP contribution in [0, 0.1) is 0 Å². The number of likely N-dealkylation sites (tertiary alicyclic amines) is 1. The first-order valence-electron chi connectivity index (χ1n) is 8.57. The number of nitrogens with zero attached hydrogens (tertiary/aromatic N) is 5. The van der Waals surface area contributed by atoms with Gasteiger partial charge in [-0.05, 0) is 37.9 Å². The van der Waals surface area contributed by atoms with Crippen molar-refractivity contribution in [2.45, 2.75) is 31.8 Å². The SMILES string of the molecule is CN(C)c1ccc(N[C@@H]2CCCN(Cc3cncnc3)CC2)cn1. The number of aromatic nitrogens is 3. The summed E-state index contributed by atoms with van der Waals surface area (Å²) in [6, 6.07) is 4.68. The Hall–Kier alpha value is -2.21.